The van der Waals surface area contributed by atoms with E-state index >= 15 is 0 Å². The van der Waals surface area contributed by atoms with Crippen LogP contribution in [0.3, 0.4) is 0 Å². The van der Waals surface area contributed by atoms with E-state index in [4.69, 9.17) is 0 Å². The number of likely N-dealkylation sites (N-methyl/N-ethyl adjacent to an activating group) is 1. The second kappa shape index (κ2) is 6.62. The lowest BCUT2D eigenvalue weighted by molar-refractivity contribution is 0.0603. The molecule has 1 unspecified atom stereocenters. The molecule has 1 aromatic carbocycles. The molecule has 0 heterocycles. The van der Waals surface area contributed by atoms with Gasteiger partial charge in [0.05, 0.1) is 15.6 Å². The minimum absolute atomic E-state index is 0.155. The average molecular weight is 330 g/mol. The van der Waals surface area contributed by atoms with E-state index in [2.05, 4.69) is 20.8 Å². The Morgan fingerprint density at radius 3 is 2.37 bits per heavy atom. The van der Waals surface area contributed by atoms with E-state index in [0.29, 0.717) is 10.9 Å². The van der Waals surface area contributed by atoms with Gasteiger partial charge < -0.3 is 0 Å². The topological polar surface area (TPSA) is 20.3 Å². The van der Waals surface area contributed by atoms with Crippen molar-refractivity contribution in [3.8, 4) is 0 Å². The maximum absolute atomic E-state index is 14.1. The van der Waals surface area contributed by atoms with Gasteiger partial charge in [0.2, 0.25) is 0 Å². The molecule has 0 spiro atoms. The van der Waals surface area contributed by atoms with E-state index in [1.54, 1.807) is 18.2 Å². The van der Waals surface area contributed by atoms with Crippen LogP contribution < -0.4 is 0 Å². The Bertz CT molecular complexity index is 459. The predicted molar refractivity (Wildman–Crippen MR) is 80.0 cm³/mol. The lowest BCUT2D eigenvalue weighted by Crippen LogP contribution is -2.52. The molecule has 19 heavy (non-hydrogen) atoms. The number of hydrogen-bond acceptors (Lipinski definition) is 2. The first kappa shape index (κ1) is 16.3. The Morgan fingerprint density at radius 2 is 1.89 bits per heavy atom. The van der Waals surface area contributed by atoms with Gasteiger partial charge in [-0.15, -0.1) is 0 Å². The summed E-state index contributed by atoms with van der Waals surface area (Å²) < 4.78 is 14.4. The summed E-state index contributed by atoms with van der Waals surface area (Å²) in [5.41, 5.74) is -0.504. The molecule has 0 aliphatic rings. The first-order valence-electron chi connectivity index (χ1n) is 6.66. The predicted octanol–water partition coefficient (Wildman–Crippen LogP) is 4.28. The summed E-state index contributed by atoms with van der Waals surface area (Å²) in [4.78, 5) is 14.8. The average Bonchev–Trinajstić information content (AvgIpc) is 2.42. The lowest BCUT2D eigenvalue weighted by Gasteiger charge is -2.38. The van der Waals surface area contributed by atoms with Crippen molar-refractivity contribution in [3.63, 3.8) is 0 Å². The van der Waals surface area contributed by atoms with Crippen LogP contribution in [0.15, 0.2) is 22.7 Å². The van der Waals surface area contributed by atoms with Crippen LogP contribution in [0.25, 0.3) is 0 Å². The molecule has 0 N–H and O–H groups in total. The Morgan fingerprint density at radius 1 is 1.32 bits per heavy atom. The van der Waals surface area contributed by atoms with Crippen molar-refractivity contribution in [2.45, 2.75) is 39.7 Å². The summed E-state index contributed by atoms with van der Waals surface area (Å²) in [6.45, 7) is 9.42. The molecule has 0 radical (unpaired) electrons. The number of hydrogen-bond donors (Lipinski definition) is 0. The molecule has 106 valence electrons. The molecule has 0 bridgehead atoms. The summed E-state index contributed by atoms with van der Waals surface area (Å²) in [7, 11) is 0. The summed E-state index contributed by atoms with van der Waals surface area (Å²) in [5.74, 6) is -0.628. The van der Waals surface area contributed by atoms with Gasteiger partial charge >= 0.3 is 0 Å². The maximum Gasteiger partial charge on any atom is 0.185 e. The maximum atomic E-state index is 14.1. The Labute approximate surface area is 123 Å². The zero-order valence-corrected chi connectivity index (χ0v) is 13.6. The number of nitrogens with zero attached hydrogens (tertiary/aromatic N) is 1. The monoisotopic (exact) mass is 329 g/mol. The molecule has 1 rings (SSSR count). The second-order valence-corrected chi connectivity index (χ2v) is 5.58. The molecule has 0 saturated carbocycles. The molecule has 0 aliphatic heterocycles. The van der Waals surface area contributed by atoms with Crippen LogP contribution in [-0.4, -0.2) is 29.3 Å². The van der Waals surface area contributed by atoms with E-state index in [-0.39, 0.29) is 11.3 Å². The molecule has 4 heteroatoms. The van der Waals surface area contributed by atoms with Crippen molar-refractivity contribution in [2.24, 2.45) is 0 Å². The highest BCUT2D eigenvalue weighted by molar-refractivity contribution is 9.10. The quantitative estimate of drug-likeness (QED) is 0.726. The third-order valence-electron chi connectivity index (χ3n) is 3.84. The number of benzene rings is 1. The first-order chi connectivity index (χ1) is 8.92. The second-order valence-electron chi connectivity index (χ2n) is 4.73. The van der Waals surface area contributed by atoms with Gasteiger partial charge in [0.25, 0.3) is 0 Å². The van der Waals surface area contributed by atoms with Crippen LogP contribution in [-0.2, 0) is 0 Å². The van der Waals surface area contributed by atoms with Crippen molar-refractivity contribution in [3.05, 3.63) is 34.1 Å². The van der Waals surface area contributed by atoms with Crippen LogP contribution in [0.2, 0.25) is 0 Å². The van der Waals surface area contributed by atoms with Crippen molar-refractivity contribution < 1.29 is 9.18 Å². The fourth-order valence-corrected chi connectivity index (χ4v) is 2.78. The standard InChI is InChI=1S/C15H21BrFNO/c1-5-15(4,18(6-2)7-3)14(19)11-9-8-10-12(16)13(11)17/h8-10H,5-7H2,1-4H3. The zero-order chi connectivity index (χ0) is 14.6. The third kappa shape index (κ3) is 3.06. The fraction of sp³-hybridized carbons (Fsp3) is 0.533. The van der Waals surface area contributed by atoms with Crippen molar-refractivity contribution in [1.29, 1.82) is 0 Å². The summed E-state index contributed by atoms with van der Waals surface area (Å²) in [6.07, 6.45) is 0.652. The van der Waals surface area contributed by atoms with Crippen molar-refractivity contribution >= 4 is 21.7 Å². The number of Topliss-reactive ketones (excluding diaryl/α,β-unsaturated/α-hetero) is 1. The molecular formula is C15H21BrFNO. The van der Waals surface area contributed by atoms with Gasteiger partial charge in [-0.1, -0.05) is 26.8 Å². The van der Waals surface area contributed by atoms with Gasteiger partial charge in [-0.2, -0.15) is 0 Å². The molecule has 0 saturated heterocycles. The lowest BCUT2D eigenvalue weighted by atomic mass is 9.86. The van der Waals surface area contributed by atoms with E-state index in [1.165, 1.54) is 0 Å². The van der Waals surface area contributed by atoms with Crippen molar-refractivity contribution in [2.75, 3.05) is 13.1 Å². The minimum atomic E-state index is -0.662. The highest BCUT2D eigenvalue weighted by Gasteiger charge is 2.38. The number of carbonyl (C=O) groups is 1. The normalized spacial score (nSPS) is 14.5. The van der Waals surface area contributed by atoms with E-state index in [9.17, 15) is 9.18 Å². The van der Waals surface area contributed by atoms with Crippen LogP contribution in [0.4, 0.5) is 4.39 Å². The van der Waals surface area contributed by atoms with Gasteiger partial charge in [-0.05, 0) is 54.5 Å². The molecule has 2 nitrogen and oxygen atoms in total. The highest BCUT2D eigenvalue weighted by atomic mass is 79.9. The van der Waals surface area contributed by atoms with E-state index in [0.717, 1.165) is 13.1 Å². The van der Waals surface area contributed by atoms with E-state index in [1.807, 2.05) is 27.7 Å². The smallest absolute Gasteiger partial charge is 0.185 e. The Kier molecular flexibility index (Phi) is 5.68. The minimum Gasteiger partial charge on any atom is -0.292 e. The Hall–Kier alpha value is -0.740. The van der Waals surface area contributed by atoms with Crippen LogP contribution in [0, 0.1) is 5.82 Å². The SMILES string of the molecule is CCN(CC)C(C)(CC)C(=O)c1cccc(Br)c1F. The van der Waals surface area contributed by atoms with Crippen molar-refractivity contribution in [1.82, 2.24) is 4.90 Å². The fourth-order valence-electron chi connectivity index (χ4n) is 2.42. The molecule has 0 aromatic heterocycles. The third-order valence-corrected chi connectivity index (χ3v) is 4.45. The van der Waals surface area contributed by atoms with Gasteiger partial charge in [0.15, 0.2) is 5.78 Å². The van der Waals surface area contributed by atoms with Gasteiger partial charge in [-0.25, -0.2) is 4.39 Å². The first-order valence-corrected chi connectivity index (χ1v) is 7.45. The Balaban J connectivity index is 3.25. The number of ketones is 1. The van der Waals surface area contributed by atoms with Crippen LogP contribution in [0.1, 0.15) is 44.5 Å². The molecule has 1 atom stereocenters. The van der Waals surface area contributed by atoms with Gasteiger partial charge in [-0.3, -0.25) is 9.69 Å². The van der Waals surface area contributed by atoms with Crippen LogP contribution >= 0.6 is 15.9 Å². The highest BCUT2D eigenvalue weighted by Crippen LogP contribution is 2.28. The van der Waals surface area contributed by atoms with Crippen LogP contribution in [0.5, 0.6) is 0 Å². The summed E-state index contributed by atoms with van der Waals surface area (Å²) in [5, 5.41) is 0. The zero-order valence-electron chi connectivity index (χ0n) is 12.0. The molecule has 1 aromatic rings. The number of carbonyl (C=O) groups excluding carboxylic acids is 1. The number of halogens is 2. The number of rotatable bonds is 6. The molecular weight excluding hydrogens is 309 g/mol. The van der Waals surface area contributed by atoms with Gasteiger partial charge in [0, 0.05) is 0 Å². The molecule has 0 fully saturated rings. The van der Waals surface area contributed by atoms with Gasteiger partial charge in [0.1, 0.15) is 5.82 Å². The molecule has 0 aliphatic carbocycles. The molecule has 0 amide bonds. The van der Waals surface area contributed by atoms with E-state index < -0.39 is 11.4 Å². The summed E-state index contributed by atoms with van der Waals surface area (Å²) in [6, 6.07) is 4.85. The largest absolute Gasteiger partial charge is 0.292 e. The summed E-state index contributed by atoms with van der Waals surface area (Å²) >= 11 is 3.13.